The molecule has 0 aliphatic carbocycles. The molecule has 2 N–H and O–H groups in total. The molecule has 3 heteroatoms. The fourth-order valence-corrected chi connectivity index (χ4v) is 3.92. The first-order chi connectivity index (χ1) is 10.8. The second-order valence-corrected chi connectivity index (χ2v) is 6.74. The summed E-state index contributed by atoms with van der Waals surface area (Å²) in [6.07, 6.45) is 9.53. The summed E-state index contributed by atoms with van der Waals surface area (Å²) in [5.41, 5.74) is 5.64. The van der Waals surface area contributed by atoms with E-state index >= 15 is 0 Å². The van der Waals surface area contributed by atoms with E-state index in [0.717, 1.165) is 19.5 Å². The van der Waals surface area contributed by atoms with Crippen molar-refractivity contribution in [2.45, 2.75) is 31.7 Å². The van der Waals surface area contributed by atoms with Gasteiger partial charge in [0.25, 0.3) is 0 Å². The predicted octanol–water partition coefficient (Wildman–Crippen LogP) is 3.18. The SMILES string of the molecule is CN1CCC[C@@H]1Cc1c[nH]c2ccc(C3=CCNCC3)cc12. The second kappa shape index (κ2) is 5.90. The van der Waals surface area contributed by atoms with Crippen LogP contribution in [-0.2, 0) is 6.42 Å². The number of nitrogens with one attached hydrogen (secondary N) is 2. The number of fused-ring (bicyclic) bond motifs is 1. The van der Waals surface area contributed by atoms with Crippen LogP contribution >= 0.6 is 0 Å². The van der Waals surface area contributed by atoms with E-state index in [0.29, 0.717) is 6.04 Å². The number of likely N-dealkylation sites (tertiary alicyclic amines) is 1. The topological polar surface area (TPSA) is 31.1 Å². The number of benzene rings is 1. The van der Waals surface area contributed by atoms with E-state index in [4.69, 9.17) is 0 Å². The number of H-pyrrole nitrogens is 1. The molecule has 1 saturated heterocycles. The fourth-order valence-electron chi connectivity index (χ4n) is 3.92. The smallest absolute Gasteiger partial charge is 0.0457 e. The van der Waals surface area contributed by atoms with Crippen molar-refractivity contribution >= 4 is 16.5 Å². The van der Waals surface area contributed by atoms with Crippen LogP contribution < -0.4 is 5.32 Å². The highest BCUT2D eigenvalue weighted by atomic mass is 15.1. The molecule has 1 aromatic carbocycles. The summed E-state index contributed by atoms with van der Waals surface area (Å²) in [5, 5.41) is 4.81. The van der Waals surface area contributed by atoms with Gasteiger partial charge in [0.2, 0.25) is 0 Å². The van der Waals surface area contributed by atoms with Crippen molar-refractivity contribution in [3.05, 3.63) is 41.6 Å². The van der Waals surface area contributed by atoms with Gasteiger partial charge in [0.15, 0.2) is 0 Å². The highest BCUT2D eigenvalue weighted by molar-refractivity contribution is 5.87. The minimum atomic E-state index is 0.709. The van der Waals surface area contributed by atoms with E-state index in [9.17, 15) is 0 Å². The van der Waals surface area contributed by atoms with Crippen molar-refractivity contribution in [3.63, 3.8) is 0 Å². The third kappa shape index (κ3) is 2.59. The monoisotopic (exact) mass is 295 g/mol. The van der Waals surface area contributed by atoms with Gasteiger partial charge in [-0.25, -0.2) is 0 Å². The number of aromatic amines is 1. The molecule has 0 radical (unpaired) electrons. The molecular formula is C19H25N3. The molecule has 3 heterocycles. The van der Waals surface area contributed by atoms with Crippen molar-refractivity contribution in [1.29, 1.82) is 0 Å². The zero-order valence-corrected chi connectivity index (χ0v) is 13.4. The summed E-state index contributed by atoms with van der Waals surface area (Å²) >= 11 is 0. The second-order valence-electron chi connectivity index (χ2n) is 6.74. The molecule has 1 atom stereocenters. The molecule has 22 heavy (non-hydrogen) atoms. The van der Waals surface area contributed by atoms with Crippen LogP contribution in [-0.4, -0.2) is 42.6 Å². The maximum atomic E-state index is 3.46. The largest absolute Gasteiger partial charge is 0.361 e. The molecule has 1 aromatic heterocycles. The molecule has 2 aromatic rings. The molecule has 2 aliphatic rings. The van der Waals surface area contributed by atoms with Gasteiger partial charge in [0.1, 0.15) is 0 Å². The lowest BCUT2D eigenvalue weighted by atomic mass is 9.96. The van der Waals surface area contributed by atoms with Crippen molar-refractivity contribution in [2.24, 2.45) is 0 Å². The average molecular weight is 295 g/mol. The number of aromatic nitrogens is 1. The van der Waals surface area contributed by atoms with Gasteiger partial charge in [0, 0.05) is 29.7 Å². The van der Waals surface area contributed by atoms with Gasteiger partial charge >= 0.3 is 0 Å². The maximum absolute atomic E-state index is 3.46. The number of hydrogen-bond acceptors (Lipinski definition) is 2. The lowest BCUT2D eigenvalue weighted by Gasteiger charge is -2.19. The lowest BCUT2D eigenvalue weighted by molar-refractivity contribution is 0.310. The van der Waals surface area contributed by atoms with Crippen molar-refractivity contribution in [1.82, 2.24) is 15.2 Å². The van der Waals surface area contributed by atoms with Crippen LogP contribution in [0.25, 0.3) is 16.5 Å². The third-order valence-corrected chi connectivity index (χ3v) is 5.33. The normalized spacial score (nSPS) is 23.1. The zero-order valence-electron chi connectivity index (χ0n) is 13.4. The summed E-state index contributed by atoms with van der Waals surface area (Å²) in [7, 11) is 2.26. The highest BCUT2D eigenvalue weighted by Crippen LogP contribution is 2.28. The molecule has 0 amide bonds. The van der Waals surface area contributed by atoms with Crippen molar-refractivity contribution in [2.75, 3.05) is 26.7 Å². The molecular weight excluding hydrogens is 270 g/mol. The van der Waals surface area contributed by atoms with Gasteiger partial charge in [0.05, 0.1) is 0 Å². The van der Waals surface area contributed by atoms with E-state index in [2.05, 4.69) is 52.7 Å². The zero-order chi connectivity index (χ0) is 14.9. The fraction of sp³-hybridized carbons (Fsp3) is 0.474. The molecule has 1 fully saturated rings. The van der Waals surface area contributed by atoms with Gasteiger partial charge in [-0.05, 0) is 74.7 Å². The number of rotatable bonds is 3. The van der Waals surface area contributed by atoms with Gasteiger partial charge in [-0.2, -0.15) is 0 Å². The Kier molecular flexibility index (Phi) is 3.77. The van der Waals surface area contributed by atoms with Crippen LogP contribution in [0.3, 0.4) is 0 Å². The Balaban J connectivity index is 1.66. The Bertz CT molecular complexity index is 698. The Morgan fingerprint density at radius 3 is 3.05 bits per heavy atom. The van der Waals surface area contributed by atoms with E-state index in [1.54, 1.807) is 0 Å². The van der Waals surface area contributed by atoms with Gasteiger partial charge < -0.3 is 15.2 Å². The summed E-state index contributed by atoms with van der Waals surface area (Å²) in [5.74, 6) is 0. The van der Waals surface area contributed by atoms with Crippen LogP contribution in [0.1, 0.15) is 30.4 Å². The Morgan fingerprint density at radius 1 is 1.32 bits per heavy atom. The first kappa shape index (κ1) is 14.0. The van der Waals surface area contributed by atoms with Gasteiger partial charge in [-0.15, -0.1) is 0 Å². The lowest BCUT2D eigenvalue weighted by Crippen LogP contribution is -2.26. The van der Waals surface area contributed by atoms with Crippen molar-refractivity contribution < 1.29 is 0 Å². The highest BCUT2D eigenvalue weighted by Gasteiger charge is 2.22. The van der Waals surface area contributed by atoms with Crippen LogP contribution in [0.5, 0.6) is 0 Å². The Morgan fingerprint density at radius 2 is 2.27 bits per heavy atom. The summed E-state index contributed by atoms with van der Waals surface area (Å²) in [4.78, 5) is 5.97. The van der Waals surface area contributed by atoms with Crippen LogP contribution in [0.4, 0.5) is 0 Å². The first-order valence-corrected chi connectivity index (χ1v) is 8.51. The molecule has 0 spiro atoms. The molecule has 3 nitrogen and oxygen atoms in total. The number of nitrogens with zero attached hydrogens (tertiary/aromatic N) is 1. The Labute approximate surface area is 132 Å². The number of likely N-dealkylation sites (N-methyl/N-ethyl adjacent to an activating group) is 1. The summed E-state index contributed by atoms with van der Waals surface area (Å²) < 4.78 is 0. The van der Waals surface area contributed by atoms with E-state index < -0.39 is 0 Å². The van der Waals surface area contributed by atoms with E-state index in [1.807, 2.05) is 0 Å². The summed E-state index contributed by atoms with van der Waals surface area (Å²) in [6.45, 7) is 3.34. The molecule has 0 bridgehead atoms. The molecule has 0 unspecified atom stereocenters. The maximum Gasteiger partial charge on any atom is 0.0457 e. The average Bonchev–Trinajstić information content (AvgIpc) is 3.15. The van der Waals surface area contributed by atoms with Crippen LogP contribution in [0, 0.1) is 0 Å². The van der Waals surface area contributed by atoms with E-state index in [-0.39, 0.29) is 0 Å². The van der Waals surface area contributed by atoms with Crippen LogP contribution in [0.2, 0.25) is 0 Å². The van der Waals surface area contributed by atoms with Crippen molar-refractivity contribution in [3.8, 4) is 0 Å². The standard InChI is InChI=1S/C19H25N3/c1-22-10-2-3-17(22)11-16-13-21-19-5-4-15(12-18(16)19)14-6-8-20-9-7-14/h4-6,12-13,17,20-21H,2-3,7-11H2,1H3/t17-/m1/s1. The summed E-state index contributed by atoms with van der Waals surface area (Å²) in [6, 6.07) is 7.62. The number of hydrogen-bond donors (Lipinski definition) is 2. The third-order valence-electron chi connectivity index (χ3n) is 5.33. The van der Waals surface area contributed by atoms with E-state index in [1.165, 1.54) is 53.4 Å². The molecule has 4 rings (SSSR count). The predicted molar refractivity (Wildman–Crippen MR) is 93.1 cm³/mol. The minimum absolute atomic E-state index is 0.709. The minimum Gasteiger partial charge on any atom is -0.361 e. The molecule has 2 aliphatic heterocycles. The van der Waals surface area contributed by atoms with Gasteiger partial charge in [-0.1, -0.05) is 12.1 Å². The quantitative estimate of drug-likeness (QED) is 0.911. The van der Waals surface area contributed by atoms with Crippen LogP contribution in [0.15, 0.2) is 30.5 Å². The Hall–Kier alpha value is -1.58. The molecule has 116 valence electrons. The van der Waals surface area contributed by atoms with Gasteiger partial charge in [-0.3, -0.25) is 0 Å². The first-order valence-electron chi connectivity index (χ1n) is 8.51. The molecule has 0 saturated carbocycles.